The normalized spacial score (nSPS) is 15.9. The molecule has 0 bridgehead atoms. The molecule has 0 spiro atoms. The smallest absolute Gasteiger partial charge is 0.229 e. The number of thioether (sulfide) groups is 1. The van der Waals surface area contributed by atoms with Crippen LogP contribution in [0.2, 0.25) is 0 Å². The summed E-state index contributed by atoms with van der Waals surface area (Å²) in [5.41, 5.74) is 0.877. The second-order valence-corrected chi connectivity index (χ2v) is 6.80. The Morgan fingerprint density at radius 1 is 1.39 bits per heavy atom. The number of hydrogen-bond acceptors (Lipinski definition) is 6. The minimum absolute atomic E-state index is 0.122. The zero-order chi connectivity index (χ0) is 16.1. The Morgan fingerprint density at radius 3 is 2.78 bits per heavy atom. The van der Waals surface area contributed by atoms with Gasteiger partial charge in [0.05, 0.1) is 5.41 Å². The molecule has 1 fully saturated rings. The predicted octanol–water partition coefficient (Wildman–Crippen LogP) is 0.251. The second kappa shape index (κ2) is 7.10. The highest BCUT2D eigenvalue weighted by molar-refractivity contribution is 7.99. The molecule has 2 aromatic rings. The summed E-state index contributed by atoms with van der Waals surface area (Å²) >= 11 is 1.53. The van der Waals surface area contributed by atoms with Crippen LogP contribution in [0.4, 0.5) is 0 Å². The minimum atomic E-state index is -0.321. The maximum atomic E-state index is 12.6. The highest BCUT2D eigenvalue weighted by Crippen LogP contribution is 2.28. The number of nitrogens with zero attached hydrogens (tertiary/aromatic N) is 4. The number of carbonyl (C=O) groups is 1. The second-order valence-electron chi connectivity index (χ2n) is 5.74. The fraction of sp³-hybridized carbons (Fsp3) is 0.467. The van der Waals surface area contributed by atoms with E-state index in [9.17, 15) is 4.79 Å². The Kier molecular flexibility index (Phi) is 4.92. The van der Waals surface area contributed by atoms with Gasteiger partial charge >= 0.3 is 0 Å². The lowest BCUT2D eigenvalue weighted by Crippen LogP contribution is -2.62. The van der Waals surface area contributed by atoms with Gasteiger partial charge in [-0.1, -0.05) is 42.1 Å². The fourth-order valence-corrected chi connectivity index (χ4v) is 3.32. The standard InChI is InChI=1S/C15H20N6OS/c1-21-14(18-19-20-21)23-8-7-17-13(22)15(10-16-11-15)9-12-5-3-2-4-6-12/h2-6,16H,7-11H2,1H3,(H,17,22). The molecule has 7 nitrogen and oxygen atoms in total. The van der Waals surface area contributed by atoms with Crippen LogP contribution in [0.3, 0.4) is 0 Å². The van der Waals surface area contributed by atoms with Crippen LogP contribution >= 0.6 is 11.8 Å². The van der Waals surface area contributed by atoms with Crippen molar-refractivity contribution in [2.45, 2.75) is 11.6 Å². The predicted molar refractivity (Wildman–Crippen MR) is 88.0 cm³/mol. The van der Waals surface area contributed by atoms with Gasteiger partial charge in [0, 0.05) is 32.4 Å². The summed E-state index contributed by atoms with van der Waals surface area (Å²) in [6.07, 6.45) is 0.771. The number of benzene rings is 1. The molecule has 1 aliphatic rings. The molecule has 0 radical (unpaired) electrons. The molecule has 1 amide bonds. The van der Waals surface area contributed by atoms with Gasteiger partial charge in [-0.3, -0.25) is 4.79 Å². The molecule has 1 aliphatic heterocycles. The highest BCUT2D eigenvalue weighted by atomic mass is 32.2. The highest BCUT2D eigenvalue weighted by Gasteiger charge is 2.43. The van der Waals surface area contributed by atoms with E-state index in [0.29, 0.717) is 6.54 Å². The quantitative estimate of drug-likeness (QED) is 0.558. The van der Waals surface area contributed by atoms with Crippen molar-refractivity contribution in [3.63, 3.8) is 0 Å². The summed E-state index contributed by atoms with van der Waals surface area (Å²) in [6.45, 7) is 2.06. The van der Waals surface area contributed by atoms with Crippen molar-refractivity contribution in [2.75, 3.05) is 25.4 Å². The van der Waals surface area contributed by atoms with Gasteiger partial charge in [-0.2, -0.15) is 0 Å². The van der Waals surface area contributed by atoms with Crippen LogP contribution in [0.15, 0.2) is 35.5 Å². The van der Waals surface area contributed by atoms with Crippen LogP contribution in [-0.4, -0.2) is 51.5 Å². The van der Waals surface area contributed by atoms with Gasteiger partial charge in [0.25, 0.3) is 0 Å². The number of carbonyl (C=O) groups excluding carboxylic acids is 1. The first kappa shape index (κ1) is 15.9. The molecule has 8 heteroatoms. The summed E-state index contributed by atoms with van der Waals surface area (Å²) < 4.78 is 1.62. The number of aromatic nitrogens is 4. The zero-order valence-electron chi connectivity index (χ0n) is 13.0. The molecule has 0 unspecified atom stereocenters. The molecular weight excluding hydrogens is 312 g/mol. The summed E-state index contributed by atoms with van der Waals surface area (Å²) in [4.78, 5) is 12.6. The molecule has 0 saturated carbocycles. The first-order valence-corrected chi connectivity index (χ1v) is 8.56. The minimum Gasteiger partial charge on any atom is -0.355 e. The third-order valence-corrected chi connectivity index (χ3v) is 5.01. The SMILES string of the molecule is Cn1nnnc1SCCNC(=O)C1(Cc2ccccc2)CNC1. The van der Waals surface area contributed by atoms with E-state index in [1.54, 1.807) is 11.7 Å². The average Bonchev–Trinajstić information content (AvgIpc) is 2.93. The van der Waals surface area contributed by atoms with Crippen LogP contribution in [0.25, 0.3) is 0 Å². The van der Waals surface area contributed by atoms with Gasteiger partial charge in [-0.15, -0.1) is 5.10 Å². The molecule has 0 aliphatic carbocycles. The molecule has 122 valence electrons. The lowest BCUT2D eigenvalue weighted by molar-refractivity contribution is -0.133. The molecule has 23 heavy (non-hydrogen) atoms. The van der Waals surface area contributed by atoms with Crippen LogP contribution in [0.5, 0.6) is 0 Å². The van der Waals surface area contributed by atoms with Crippen molar-refractivity contribution in [1.82, 2.24) is 30.8 Å². The van der Waals surface area contributed by atoms with E-state index >= 15 is 0 Å². The van der Waals surface area contributed by atoms with Gasteiger partial charge in [0.1, 0.15) is 0 Å². The van der Waals surface area contributed by atoms with Crippen LogP contribution in [0, 0.1) is 5.41 Å². The summed E-state index contributed by atoms with van der Waals surface area (Å²) in [6, 6.07) is 10.2. The molecule has 2 N–H and O–H groups in total. The third kappa shape index (κ3) is 3.70. The van der Waals surface area contributed by atoms with E-state index in [0.717, 1.165) is 30.4 Å². The van der Waals surface area contributed by atoms with Crippen molar-refractivity contribution >= 4 is 17.7 Å². The molecular formula is C15H20N6OS. The first-order chi connectivity index (χ1) is 11.2. The Bertz CT molecular complexity index is 655. The molecule has 1 aromatic heterocycles. The lowest BCUT2D eigenvalue weighted by Gasteiger charge is -2.41. The van der Waals surface area contributed by atoms with Crippen molar-refractivity contribution in [3.05, 3.63) is 35.9 Å². The molecule has 0 atom stereocenters. The number of hydrogen-bond donors (Lipinski definition) is 2. The zero-order valence-corrected chi connectivity index (χ0v) is 13.8. The maximum absolute atomic E-state index is 12.6. The number of nitrogens with one attached hydrogen (secondary N) is 2. The number of amides is 1. The molecule has 1 saturated heterocycles. The largest absolute Gasteiger partial charge is 0.355 e. The fourth-order valence-electron chi connectivity index (χ4n) is 2.62. The summed E-state index contributed by atoms with van der Waals surface area (Å²) in [7, 11) is 1.80. The van der Waals surface area contributed by atoms with Crippen molar-refractivity contribution in [3.8, 4) is 0 Å². The Labute approximate surface area is 139 Å². The van der Waals surface area contributed by atoms with E-state index in [4.69, 9.17) is 0 Å². The third-order valence-electron chi connectivity index (χ3n) is 3.99. The Balaban J connectivity index is 1.49. The topological polar surface area (TPSA) is 84.7 Å². The summed E-state index contributed by atoms with van der Waals surface area (Å²) in [5, 5.41) is 18.3. The van der Waals surface area contributed by atoms with Crippen molar-refractivity contribution in [2.24, 2.45) is 12.5 Å². The maximum Gasteiger partial charge on any atom is 0.229 e. The average molecular weight is 332 g/mol. The Morgan fingerprint density at radius 2 is 2.17 bits per heavy atom. The Hall–Kier alpha value is -1.93. The summed E-state index contributed by atoms with van der Waals surface area (Å²) in [5.74, 6) is 0.867. The number of tetrazole rings is 1. The van der Waals surface area contributed by atoms with Gasteiger partial charge in [0.15, 0.2) is 0 Å². The van der Waals surface area contributed by atoms with Gasteiger partial charge in [-0.05, 0) is 22.4 Å². The molecule has 2 heterocycles. The first-order valence-electron chi connectivity index (χ1n) is 7.58. The monoisotopic (exact) mass is 332 g/mol. The van der Waals surface area contributed by atoms with Crippen molar-refractivity contribution < 1.29 is 4.79 Å². The molecule has 3 rings (SSSR count). The van der Waals surface area contributed by atoms with Gasteiger partial charge in [-0.25, -0.2) is 4.68 Å². The molecule has 1 aromatic carbocycles. The van der Waals surface area contributed by atoms with E-state index in [1.807, 2.05) is 18.2 Å². The van der Waals surface area contributed by atoms with Gasteiger partial charge in [0.2, 0.25) is 11.1 Å². The van der Waals surface area contributed by atoms with E-state index < -0.39 is 0 Å². The number of aryl methyl sites for hydroxylation is 1. The van der Waals surface area contributed by atoms with E-state index in [-0.39, 0.29) is 11.3 Å². The number of rotatable bonds is 7. The van der Waals surface area contributed by atoms with E-state index in [2.05, 4.69) is 38.3 Å². The van der Waals surface area contributed by atoms with Crippen LogP contribution in [0.1, 0.15) is 5.56 Å². The van der Waals surface area contributed by atoms with Crippen LogP contribution < -0.4 is 10.6 Å². The lowest BCUT2D eigenvalue weighted by atomic mass is 9.75. The van der Waals surface area contributed by atoms with Crippen molar-refractivity contribution in [1.29, 1.82) is 0 Å². The van der Waals surface area contributed by atoms with E-state index in [1.165, 1.54) is 17.3 Å². The van der Waals surface area contributed by atoms with Crippen LogP contribution in [-0.2, 0) is 18.3 Å². The van der Waals surface area contributed by atoms with Gasteiger partial charge < -0.3 is 10.6 Å².